The number of carboxylic acids is 1. The van der Waals surface area contributed by atoms with E-state index >= 15 is 0 Å². The molecule has 0 saturated carbocycles. The second-order valence-electron chi connectivity index (χ2n) is 5.39. The molecule has 1 N–H and O–H groups in total. The van der Waals surface area contributed by atoms with E-state index in [1.807, 2.05) is 14.1 Å². The number of rotatable bonds is 5. The molecule has 5 nitrogen and oxygen atoms in total. The van der Waals surface area contributed by atoms with Crippen LogP contribution in [0.2, 0.25) is 0 Å². The molecule has 1 aromatic rings. The molecule has 1 aliphatic rings. The highest BCUT2D eigenvalue weighted by Crippen LogP contribution is 2.16. The van der Waals surface area contributed by atoms with Crippen molar-refractivity contribution in [1.82, 2.24) is 4.90 Å². The first-order valence-corrected chi connectivity index (χ1v) is 6.86. The van der Waals surface area contributed by atoms with Gasteiger partial charge in [-0.1, -0.05) is 12.1 Å². The molecule has 1 saturated heterocycles. The first kappa shape index (κ1) is 14.8. The number of ether oxygens (including phenoxy) is 1. The van der Waals surface area contributed by atoms with Gasteiger partial charge in [0.15, 0.2) is 0 Å². The predicted octanol–water partition coefficient (Wildman–Crippen LogP) is 1.43. The van der Waals surface area contributed by atoms with Crippen molar-refractivity contribution in [2.24, 2.45) is 0 Å². The van der Waals surface area contributed by atoms with Crippen LogP contribution in [0.1, 0.15) is 12.0 Å². The summed E-state index contributed by atoms with van der Waals surface area (Å²) in [6, 6.07) is 8.45. The Kier molecular flexibility index (Phi) is 4.98. The first-order valence-electron chi connectivity index (χ1n) is 6.86. The van der Waals surface area contributed by atoms with Crippen molar-refractivity contribution in [3.63, 3.8) is 0 Å². The van der Waals surface area contributed by atoms with Gasteiger partial charge in [0.1, 0.15) is 0 Å². The highest BCUT2D eigenvalue weighted by Gasteiger charge is 2.22. The summed E-state index contributed by atoms with van der Waals surface area (Å²) in [5.41, 5.74) is 2.42. The lowest BCUT2D eigenvalue weighted by Gasteiger charge is -2.32. The van der Waals surface area contributed by atoms with Crippen LogP contribution < -0.4 is 4.90 Å². The lowest BCUT2D eigenvalue weighted by Crippen LogP contribution is -2.42. The zero-order valence-electron chi connectivity index (χ0n) is 12.1. The number of nitrogens with zero attached hydrogens (tertiary/aromatic N) is 2. The molecule has 5 heteroatoms. The molecule has 1 atom stereocenters. The average Bonchev–Trinajstić information content (AvgIpc) is 2.39. The van der Waals surface area contributed by atoms with Crippen LogP contribution in [0.25, 0.3) is 0 Å². The third-order valence-corrected chi connectivity index (χ3v) is 3.48. The van der Waals surface area contributed by atoms with Crippen LogP contribution in [0, 0.1) is 0 Å². The van der Waals surface area contributed by atoms with E-state index in [1.165, 1.54) is 11.3 Å². The van der Waals surface area contributed by atoms with Gasteiger partial charge in [0.25, 0.3) is 0 Å². The summed E-state index contributed by atoms with van der Waals surface area (Å²) >= 11 is 0. The fraction of sp³-hybridized carbons (Fsp3) is 0.533. The van der Waals surface area contributed by atoms with Crippen molar-refractivity contribution in [3.05, 3.63) is 29.8 Å². The van der Waals surface area contributed by atoms with E-state index in [4.69, 9.17) is 9.84 Å². The third-order valence-electron chi connectivity index (χ3n) is 3.48. The Bertz CT molecular complexity index is 445. The van der Waals surface area contributed by atoms with Crippen LogP contribution in [0.5, 0.6) is 0 Å². The number of hydrogen-bond donors (Lipinski definition) is 1. The van der Waals surface area contributed by atoms with E-state index < -0.39 is 5.97 Å². The van der Waals surface area contributed by atoms with Crippen molar-refractivity contribution >= 4 is 11.7 Å². The van der Waals surface area contributed by atoms with Crippen molar-refractivity contribution in [3.8, 4) is 0 Å². The summed E-state index contributed by atoms with van der Waals surface area (Å²) in [5.74, 6) is -0.799. The lowest BCUT2D eigenvalue weighted by atomic mass is 10.1. The SMILES string of the molecule is CN(C)c1ccc(CN2CCOC(CC(=O)O)C2)cc1. The maximum atomic E-state index is 10.7. The van der Waals surface area contributed by atoms with Gasteiger partial charge in [0.2, 0.25) is 0 Å². The van der Waals surface area contributed by atoms with Crippen LogP contribution in [-0.4, -0.2) is 55.9 Å². The second-order valence-corrected chi connectivity index (χ2v) is 5.39. The van der Waals surface area contributed by atoms with E-state index in [9.17, 15) is 4.79 Å². The van der Waals surface area contributed by atoms with E-state index in [1.54, 1.807) is 0 Å². The van der Waals surface area contributed by atoms with Gasteiger partial charge in [0, 0.05) is 39.4 Å². The Labute approximate surface area is 119 Å². The molecule has 0 spiro atoms. The van der Waals surface area contributed by atoms with Gasteiger partial charge < -0.3 is 14.7 Å². The number of hydrogen-bond acceptors (Lipinski definition) is 4. The summed E-state index contributed by atoms with van der Waals surface area (Å²) in [4.78, 5) is 15.1. The molecule has 110 valence electrons. The quantitative estimate of drug-likeness (QED) is 0.883. The number of morpholine rings is 1. The largest absolute Gasteiger partial charge is 0.481 e. The minimum Gasteiger partial charge on any atom is -0.481 e. The normalized spacial score (nSPS) is 19.8. The fourth-order valence-electron chi connectivity index (χ4n) is 2.40. The first-order chi connectivity index (χ1) is 9.54. The molecule has 1 fully saturated rings. The maximum Gasteiger partial charge on any atom is 0.306 e. The molecule has 0 aromatic heterocycles. The van der Waals surface area contributed by atoms with Crippen LogP contribution in [0.3, 0.4) is 0 Å². The Hall–Kier alpha value is -1.59. The van der Waals surface area contributed by atoms with Gasteiger partial charge >= 0.3 is 5.97 Å². The Morgan fingerprint density at radius 1 is 1.40 bits per heavy atom. The molecule has 0 aliphatic carbocycles. The van der Waals surface area contributed by atoms with Crippen molar-refractivity contribution in [1.29, 1.82) is 0 Å². The highest BCUT2D eigenvalue weighted by molar-refractivity contribution is 5.67. The standard InChI is InChI=1S/C15H22N2O3/c1-16(2)13-5-3-12(4-6-13)10-17-7-8-20-14(11-17)9-15(18)19/h3-6,14H,7-11H2,1-2H3,(H,18,19). The average molecular weight is 278 g/mol. The maximum absolute atomic E-state index is 10.7. The summed E-state index contributed by atoms with van der Waals surface area (Å²) in [6.45, 7) is 2.98. The summed E-state index contributed by atoms with van der Waals surface area (Å²) in [7, 11) is 4.04. The molecule has 1 unspecified atom stereocenters. The Morgan fingerprint density at radius 3 is 2.70 bits per heavy atom. The van der Waals surface area contributed by atoms with Crippen LogP contribution in [-0.2, 0) is 16.1 Å². The third kappa shape index (κ3) is 4.21. The van der Waals surface area contributed by atoms with Crippen LogP contribution >= 0.6 is 0 Å². The predicted molar refractivity (Wildman–Crippen MR) is 78.0 cm³/mol. The smallest absolute Gasteiger partial charge is 0.306 e. The highest BCUT2D eigenvalue weighted by atomic mass is 16.5. The topological polar surface area (TPSA) is 53.0 Å². The lowest BCUT2D eigenvalue weighted by molar-refractivity contribution is -0.142. The number of carboxylic acid groups (broad SMARTS) is 1. The number of anilines is 1. The van der Waals surface area contributed by atoms with Gasteiger partial charge in [-0.3, -0.25) is 9.69 Å². The van der Waals surface area contributed by atoms with Crippen molar-refractivity contribution < 1.29 is 14.6 Å². The molecule has 0 amide bonds. The minimum absolute atomic E-state index is 0.0794. The van der Waals surface area contributed by atoms with Crippen LogP contribution in [0.4, 0.5) is 5.69 Å². The molecule has 2 rings (SSSR count). The molecule has 1 aliphatic heterocycles. The van der Waals surface area contributed by atoms with Gasteiger partial charge in [-0.15, -0.1) is 0 Å². The Balaban J connectivity index is 1.90. The number of aliphatic carboxylic acids is 1. The molecule has 20 heavy (non-hydrogen) atoms. The van der Waals surface area contributed by atoms with Gasteiger partial charge in [-0.05, 0) is 17.7 Å². The summed E-state index contributed by atoms with van der Waals surface area (Å²) < 4.78 is 5.48. The molecular formula is C15H22N2O3. The molecule has 1 heterocycles. The van der Waals surface area contributed by atoms with E-state index in [2.05, 4.69) is 34.1 Å². The molecule has 0 radical (unpaired) electrons. The zero-order chi connectivity index (χ0) is 14.5. The van der Waals surface area contributed by atoms with E-state index in [0.717, 1.165) is 13.1 Å². The number of benzene rings is 1. The minimum atomic E-state index is -0.799. The number of carbonyl (C=O) groups is 1. The fourth-order valence-corrected chi connectivity index (χ4v) is 2.40. The Morgan fingerprint density at radius 2 is 2.10 bits per heavy atom. The van der Waals surface area contributed by atoms with Crippen molar-refractivity contribution in [2.45, 2.75) is 19.1 Å². The van der Waals surface area contributed by atoms with Crippen LogP contribution in [0.15, 0.2) is 24.3 Å². The van der Waals surface area contributed by atoms with E-state index in [0.29, 0.717) is 13.2 Å². The summed E-state index contributed by atoms with van der Waals surface area (Å²) in [5, 5.41) is 8.82. The van der Waals surface area contributed by atoms with Gasteiger partial charge in [0.05, 0.1) is 19.1 Å². The van der Waals surface area contributed by atoms with Gasteiger partial charge in [-0.2, -0.15) is 0 Å². The zero-order valence-corrected chi connectivity index (χ0v) is 12.1. The summed E-state index contributed by atoms with van der Waals surface area (Å²) in [6.07, 6.45) is -0.113. The van der Waals surface area contributed by atoms with Crippen molar-refractivity contribution in [2.75, 3.05) is 38.7 Å². The van der Waals surface area contributed by atoms with Gasteiger partial charge in [-0.25, -0.2) is 0 Å². The molecule has 1 aromatic carbocycles. The second kappa shape index (κ2) is 6.72. The monoisotopic (exact) mass is 278 g/mol. The van der Waals surface area contributed by atoms with E-state index in [-0.39, 0.29) is 12.5 Å². The molecule has 0 bridgehead atoms. The molecular weight excluding hydrogens is 256 g/mol.